The van der Waals surface area contributed by atoms with E-state index >= 15 is 0 Å². The summed E-state index contributed by atoms with van der Waals surface area (Å²) >= 11 is 5.75. The first-order chi connectivity index (χ1) is 8.49. The van der Waals surface area contributed by atoms with Gasteiger partial charge in [-0.15, -0.1) is 5.10 Å². The molecule has 2 aromatic rings. The van der Waals surface area contributed by atoms with Crippen molar-refractivity contribution in [3.8, 4) is 0 Å². The van der Waals surface area contributed by atoms with E-state index in [9.17, 15) is 8.42 Å². The van der Waals surface area contributed by atoms with Crippen molar-refractivity contribution in [2.75, 3.05) is 0 Å². The number of hydrogen-bond acceptors (Lipinski definition) is 5. The quantitative estimate of drug-likeness (QED) is 0.876. The number of rotatable bonds is 4. The van der Waals surface area contributed by atoms with E-state index in [0.717, 1.165) is 0 Å². The molecule has 0 spiro atoms. The van der Waals surface area contributed by atoms with Crippen LogP contribution in [-0.4, -0.2) is 28.6 Å². The summed E-state index contributed by atoms with van der Waals surface area (Å²) in [5, 5.41) is 11.1. The van der Waals surface area contributed by atoms with Crippen molar-refractivity contribution in [1.82, 2.24) is 24.9 Å². The fourth-order valence-corrected chi connectivity index (χ4v) is 2.56. The fraction of sp³-hybridized carbons (Fsp3) is 0.222. The van der Waals surface area contributed by atoms with Gasteiger partial charge in [0, 0.05) is 12.1 Å². The molecule has 9 heteroatoms. The molecule has 0 atom stereocenters. The van der Waals surface area contributed by atoms with E-state index in [2.05, 4.69) is 20.2 Å². The van der Waals surface area contributed by atoms with Crippen LogP contribution in [0.25, 0.3) is 0 Å². The maximum atomic E-state index is 11.9. The smallest absolute Gasteiger partial charge is 0.231 e. The highest BCUT2D eigenvalue weighted by molar-refractivity contribution is 7.89. The lowest BCUT2D eigenvalue weighted by molar-refractivity contribution is 0.575. The van der Waals surface area contributed by atoms with Crippen LogP contribution in [0.5, 0.6) is 0 Å². The molecule has 96 valence electrons. The van der Waals surface area contributed by atoms with Gasteiger partial charge in [0.2, 0.25) is 10.0 Å². The molecule has 0 saturated heterocycles. The molecule has 0 radical (unpaired) electrons. The normalized spacial score (nSPS) is 11.7. The Morgan fingerprint density at radius 1 is 1.44 bits per heavy atom. The average molecular weight is 288 g/mol. The first-order valence-electron chi connectivity index (χ1n) is 4.95. The molecular weight excluding hydrogens is 278 g/mol. The van der Waals surface area contributed by atoms with Gasteiger partial charge in [-0.2, -0.15) is 0 Å². The van der Waals surface area contributed by atoms with Crippen molar-refractivity contribution in [3.05, 3.63) is 35.1 Å². The number of nitrogens with zero attached hydrogens (tertiary/aromatic N) is 4. The van der Waals surface area contributed by atoms with Crippen molar-refractivity contribution in [2.24, 2.45) is 7.05 Å². The zero-order valence-electron chi connectivity index (χ0n) is 9.41. The largest absolute Gasteiger partial charge is 0.241 e. The summed E-state index contributed by atoms with van der Waals surface area (Å²) < 4.78 is 27.7. The van der Waals surface area contributed by atoms with E-state index in [1.807, 2.05) is 0 Å². The second-order valence-corrected chi connectivity index (χ2v) is 5.70. The summed E-state index contributed by atoms with van der Waals surface area (Å²) in [5.41, 5.74) is 0. The molecule has 1 heterocycles. The summed E-state index contributed by atoms with van der Waals surface area (Å²) in [6.45, 7) is 0.0122. The van der Waals surface area contributed by atoms with Crippen LogP contribution in [0, 0.1) is 0 Å². The van der Waals surface area contributed by atoms with Gasteiger partial charge < -0.3 is 0 Å². The lowest BCUT2D eigenvalue weighted by Gasteiger charge is -2.05. The molecule has 18 heavy (non-hydrogen) atoms. The molecule has 1 aromatic heterocycles. The van der Waals surface area contributed by atoms with Crippen LogP contribution in [0.15, 0.2) is 29.2 Å². The molecule has 0 aliphatic carbocycles. The van der Waals surface area contributed by atoms with Crippen molar-refractivity contribution >= 4 is 21.6 Å². The van der Waals surface area contributed by atoms with Gasteiger partial charge in [-0.3, -0.25) is 0 Å². The second kappa shape index (κ2) is 5.01. The molecule has 0 unspecified atom stereocenters. The van der Waals surface area contributed by atoms with Gasteiger partial charge >= 0.3 is 0 Å². The molecular formula is C9H10ClN5O2S. The van der Waals surface area contributed by atoms with Crippen LogP contribution in [-0.2, 0) is 23.6 Å². The topological polar surface area (TPSA) is 89.8 Å². The number of halogens is 1. The number of benzene rings is 1. The highest BCUT2D eigenvalue weighted by atomic mass is 35.5. The number of nitrogens with one attached hydrogen (secondary N) is 1. The first kappa shape index (κ1) is 12.9. The minimum absolute atomic E-state index is 0.0122. The predicted octanol–water partition coefficient (Wildman–Crippen LogP) is 0.342. The van der Waals surface area contributed by atoms with Crippen LogP contribution in [0.1, 0.15) is 5.82 Å². The van der Waals surface area contributed by atoms with Crippen LogP contribution in [0.2, 0.25) is 5.02 Å². The molecule has 0 amide bonds. The van der Waals surface area contributed by atoms with Crippen molar-refractivity contribution in [1.29, 1.82) is 0 Å². The van der Waals surface area contributed by atoms with Crippen molar-refractivity contribution in [2.45, 2.75) is 11.4 Å². The van der Waals surface area contributed by atoms with Crippen molar-refractivity contribution < 1.29 is 8.42 Å². The van der Waals surface area contributed by atoms with Gasteiger partial charge in [0.05, 0.1) is 11.4 Å². The lowest BCUT2D eigenvalue weighted by atomic mass is 10.4. The van der Waals surface area contributed by atoms with Gasteiger partial charge in [0.25, 0.3) is 0 Å². The molecule has 1 aromatic carbocycles. The Hall–Kier alpha value is -1.51. The third-order valence-electron chi connectivity index (χ3n) is 2.23. The van der Waals surface area contributed by atoms with E-state index in [-0.39, 0.29) is 11.4 Å². The number of tetrazole rings is 1. The Morgan fingerprint density at radius 3 is 2.83 bits per heavy atom. The Morgan fingerprint density at radius 2 is 2.22 bits per heavy atom. The van der Waals surface area contributed by atoms with E-state index in [0.29, 0.717) is 10.8 Å². The number of aryl methyl sites for hydroxylation is 1. The Bertz CT molecular complexity index is 654. The Kier molecular flexibility index (Phi) is 3.60. The maximum Gasteiger partial charge on any atom is 0.241 e. The van der Waals surface area contributed by atoms with Gasteiger partial charge in [0.15, 0.2) is 5.82 Å². The number of sulfonamides is 1. The second-order valence-electron chi connectivity index (χ2n) is 3.50. The van der Waals surface area contributed by atoms with Gasteiger partial charge in [-0.25, -0.2) is 17.8 Å². The monoisotopic (exact) mass is 287 g/mol. The van der Waals surface area contributed by atoms with Crippen LogP contribution in [0.4, 0.5) is 0 Å². The molecule has 0 aliphatic rings. The first-order valence-corrected chi connectivity index (χ1v) is 6.81. The third-order valence-corrected chi connectivity index (χ3v) is 3.87. The summed E-state index contributed by atoms with van der Waals surface area (Å²) in [5.74, 6) is 0.417. The van der Waals surface area contributed by atoms with Crippen LogP contribution >= 0.6 is 11.6 Å². The van der Waals surface area contributed by atoms with Crippen molar-refractivity contribution in [3.63, 3.8) is 0 Å². The molecule has 0 fully saturated rings. The summed E-state index contributed by atoms with van der Waals surface area (Å²) in [4.78, 5) is 0.102. The molecule has 0 bridgehead atoms. The van der Waals surface area contributed by atoms with Gasteiger partial charge in [0.1, 0.15) is 0 Å². The van der Waals surface area contributed by atoms with E-state index < -0.39 is 10.0 Å². The zero-order chi connectivity index (χ0) is 13.2. The zero-order valence-corrected chi connectivity index (χ0v) is 11.0. The van der Waals surface area contributed by atoms with E-state index in [4.69, 9.17) is 11.6 Å². The van der Waals surface area contributed by atoms with E-state index in [1.165, 1.54) is 16.8 Å². The lowest BCUT2D eigenvalue weighted by Crippen LogP contribution is -2.24. The summed E-state index contributed by atoms with van der Waals surface area (Å²) in [6.07, 6.45) is 0. The number of hydrogen-bond donors (Lipinski definition) is 1. The fourth-order valence-electron chi connectivity index (χ4n) is 1.27. The highest BCUT2D eigenvalue weighted by Gasteiger charge is 2.15. The minimum Gasteiger partial charge on any atom is -0.231 e. The maximum absolute atomic E-state index is 11.9. The molecule has 7 nitrogen and oxygen atoms in total. The molecule has 0 saturated carbocycles. The average Bonchev–Trinajstić information content (AvgIpc) is 2.72. The molecule has 1 N–H and O–H groups in total. The van der Waals surface area contributed by atoms with Crippen LogP contribution < -0.4 is 4.72 Å². The SMILES string of the molecule is Cn1nnnc1CNS(=O)(=O)c1cccc(Cl)c1. The number of aromatic nitrogens is 4. The molecule has 2 rings (SSSR count). The minimum atomic E-state index is -3.62. The Labute approximate surface area is 109 Å². The predicted molar refractivity (Wildman–Crippen MR) is 64.3 cm³/mol. The summed E-state index contributed by atoms with van der Waals surface area (Å²) in [6, 6.07) is 6.01. The Balaban J connectivity index is 2.16. The van der Waals surface area contributed by atoms with Gasteiger partial charge in [-0.05, 0) is 28.6 Å². The van der Waals surface area contributed by atoms with E-state index in [1.54, 1.807) is 19.2 Å². The standard InChI is InChI=1S/C9H10ClN5O2S/c1-15-9(12-13-14-15)6-11-18(16,17)8-4-2-3-7(10)5-8/h2-5,11H,6H2,1H3. The van der Waals surface area contributed by atoms with Gasteiger partial charge in [-0.1, -0.05) is 17.7 Å². The third kappa shape index (κ3) is 2.84. The van der Waals surface area contributed by atoms with Crippen LogP contribution in [0.3, 0.4) is 0 Å². The summed E-state index contributed by atoms with van der Waals surface area (Å²) in [7, 11) is -1.99. The molecule has 0 aliphatic heterocycles. The highest BCUT2D eigenvalue weighted by Crippen LogP contribution is 2.15.